The Balaban J connectivity index is 3.72. The van der Waals surface area contributed by atoms with Crippen molar-refractivity contribution in [3.05, 3.63) is 0 Å². The van der Waals surface area contributed by atoms with Crippen LogP contribution in [0.3, 0.4) is 0 Å². The smallest absolute Gasteiger partial charge is 0.178 e. The highest BCUT2D eigenvalue weighted by Crippen LogP contribution is 2.27. The van der Waals surface area contributed by atoms with Crippen LogP contribution in [0.4, 0.5) is 0 Å². The Bertz CT molecular complexity index is 113. The van der Waals surface area contributed by atoms with E-state index in [0.29, 0.717) is 11.1 Å². The first-order chi connectivity index (χ1) is 6.63. The lowest BCUT2D eigenvalue weighted by Crippen LogP contribution is -2.24. The molecule has 0 aliphatic heterocycles. The van der Waals surface area contributed by atoms with E-state index in [2.05, 4.69) is 27.7 Å². The van der Waals surface area contributed by atoms with E-state index in [0.717, 1.165) is 0 Å². The summed E-state index contributed by atoms with van der Waals surface area (Å²) >= 11 is 0. The van der Waals surface area contributed by atoms with Gasteiger partial charge in [-0.25, -0.2) is 0 Å². The molecule has 2 heteroatoms. The van der Waals surface area contributed by atoms with Gasteiger partial charge >= 0.3 is 0 Å². The monoisotopic (exact) mass is 216 g/mol. The molecular weight excluding hydrogens is 188 g/mol. The molecule has 1 N–H and O–H groups in total. The molecule has 2 atom stereocenters. The minimum atomic E-state index is -1.45. The van der Waals surface area contributed by atoms with Crippen molar-refractivity contribution in [3.63, 3.8) is 0 Å². The average molecular weight is 216 g/mol. The van der Waals surface area contributed by atoms with Crippen molar-refractivity contribution in [3.8, 4) is 0 Å². The SMILES string of the molecule is CCCCC(C)[SiH](O)C(C)CCCC. The van der Waals surface area contributed by atoms with Crippen molar-refractivity contribution in [2.75, 3.05) is 0 Å². The van der Waals surface area contributed by atoms with E-state index in [4.69, 9.17) is 0 Å². The van der Waals surface area contributed by atoms with Gasteiger partial charge in [0.15, 0.2) is 9.04 Å². The Kier molecular flexibility index (Phi) is 8.59. The van der Waals surface area contributed by atoms with Crippen LogP contribution in [0.15, 0.2) is 0 Å². The van der Waals surface area contributed by atoms with Crippen LogP contribution in [0.2, 0.25) is 11.1 Å². The summed E-state index contributed by atoms with van der Waals surface area (Å²) in [6, 6.07) is 0. The zero-order valence-corrected chi connectivity index (χ0v) is 11.6. The van der Waals surface area contributed by atoms with Gasteiger partial charge in [-0.15, -0.1) is 0 Å². The minimum absolute atomic E-state index is 0.613. The van der Waals surface area contributed by atoms with E-state index in [1.165, 1.54) is 38.5 Å². The van der Waals surface area contributed by atoms with Gasteiger partial charge in [0.05, 0.1) is 0 Å². The van der Waals surface area contributed by atoms with Gasteiger partial charge in [-0.3, -0.25) is 0 Å². The number of rotatable bonds is 8. The van der Waals surface area contributed by atoms with E-state index >= 15 is 0 Å². The fourth-order valence-corrected chi connectivity index (χ4v) is 4.23. The third-order valence-corrected chi connectivity index (χ3v) is 6.19. The molecule has 0 aliphatic rings. The predicted octanol–water partition coefficient (Wildman–Crippen LogP) is 3.86. The van der Waals surface area contributed by atoms with Crippen molar-refractivity contribution in [2.24, 2.45) is 0 Å². The van der Waals surface area contributed by atoms with Crippen molar-refractivity contribution in [1.29, 1.82) is 0 Å². The molecule has 1 nitrogen and oxygen atoms in total. The lowest BCUT2D eigenvalue weighted by Gasteiger charge is -2.22. The first-order valence-corrected chi connectivity index (χ1v) is 8.16. The van der Waals surface area contributed by atoms with Crippen molar-refractivity contribution in [2.45, 2.75) is 77.3 Å². The maximum Gasteiger partial charge on any atom is 0.178 e. The quantitative estimate of drug-likeness (QED) is 0.611. The lowest BCUT2D eigenvalue weighted by atomic mass is 10.2. The third kappa shape index (κ3) is 5.81. The van der Waals surface area contributed by atoms with Crippen LogP contribution in [0.5, 0.6) is 0 Å². The van der Waals surface area contributed by atoms with Gasteiger partial charge < -0.3 is 4.80 Å². The number of hydrogen-bond acceptors (Lipinski definition) is 1. The maximum atomic E-state index is 10.2. The van der Waals surface area contributed by atoms with E-state index in [-0.39, 0.29) is 0 Å². The molecule has 14 heavy (non-hydrogen) atoms. The normalized spacial score (nSPS) is 17.8. The van der Waals surface area contributed by atoms with Crippen molar-refractivity contribution >= 4 is 9.04 Å². The molecule has 0 amide bonds. The van der Waals surface area contributed by atoms with Crippen LogP contribution in [-0.2, 0) is 0 Å². The van der Waals surface area contributed by atoms with E-state index in [9.17, 15) is 4.80 Å². The molecule has 0 rings (SSSR count). The van der Waals surface area contributed by atoms with Gasteiger partial charge in [0.25, 0.3) is 0 Å². The predicted molar refractivity (Wildman–Crippen MR) is 67.3 cm³/mol. The summed E-state index contributed by atoms with van der Waals surface area (Å²) in [7, 11) is -1.45. The molecule has 0 aliphatic carbocycles. The molecule has 2 unspecified atom stereocenters. The minimum Gasteiger partial charge on any atom is -0.434 e. The molecule has 0 saturated heterocycles. The fourth-order valence-electron chi connectivity index (χ4n) is 1.95. The molecule has 0 heterocycles. The first kappa shape index (κ1) is 14.2. The standard InChI is InChI=1S/C12H28OSi/c1-5-7-9-11(3)14(13)12(4)10-8-6-2/h11-14H,5-10H2,1-4H3. The van der Waals surface area contributed by atoms with Gasteiger partial charge in [0.1, 0.15) is 0 Å². The Morgan fingerprint density at radius 1 is 0.929 bits per heavy atom. The van der Waals surface area contributed by atoms with Gasteiger partial charge in [0, 0.05) is 0 Å². The third-order valence-electron chi connectivity index (χ3n) is 3.19. The summed E-state index contributed by atoms with van der Waals surface area (Å²) in [5.41, 5.74) is 1.23. The number of hydrogen-bond donors (Lipinski definition) is 1. The summed E-state index contributed by atoms with van der Waals surface area (Å²) < 4.78 is 0. The van der Waals surface area contributed by atoms with Crippen LogP contribution < -0.4 is 0 Å². The maximum absolute atomic E-state index is 10.2. The molecule has 0 aromatic heterocycles. The highest BCUT2D eigenvalue weighted by molar-refractivity contribution is 6.53. The Morgan fingerprint density at radius 3 is 1.57 bits per heavy atom. The second-order valence-corrected chi connectivity index (χ2v) is 7.99. The van der Waals surface area contributed by atoms with Gasteiger partial charge in [-0.2, -0.15) is 0 Å². The molecule has 86 valence electrons. The molecule has 0 saturated carbocycles. The summed E-state index contributed by atoms with van der Waals surface area (Å²) in [6.07, 6.45) is 7.56. The van der Waals surface area contributed by atoms with Gasteiger partial charge in [-0.1, -0.05) is 66.2 Å². The average Bonchev–Trinajstić information content (AvgIpc) is 2.21. The molecule has 0 radical (unpaired) electrons. The zero-order chi connectivity index (χ0) is 11.0. The Labute approximate surface area is 91.6 Å². The van der Waals surface area contributed by atoms with E-state index < -0.39 is 9.04 Å². The molecule has 0 bridgehead atoms. The van der Waals surface area contributed by atoms with Crippen molar-refractivity contribution < 1.29 is 4.80 Å². The van der Waals surface area contributed by atoms with Crippen LogP contribution in [0, 0.1) is 0 Å². The molecular formula is C12H28OSi. The van der Waals surface area contributed by atoms with Crippen molar-refractivity contribution in [1.82, 2.24) is 0 Å². The molecule has 0 aromatic rings. The lowest BCUT2D eigenvalue weighted by molar-refractivity contribution is 0.497. The first-order valence-electron chi connectivity index (χ1n) is 6.31. The number of unbranched alkanes of at least 4 members (excludes halogenated alkanes) is 2. The molecule has 0 fully saturated rings. The summed E-state index contributed by atoms with van der Waals surface area (Å²) in [5, 5.41) is 0. The topological polar surface area (TPSA) is 20.2 Å². The second kappa shape index (κ2) is 8.48. The van der Waals surface area contributed by atoms with Crippen LogP contribution in [0.1, 0.15) is 66.2 Å². The van der Waals surface area contributed by atoms with Crippen LogP contribution in [0.25, 0.3) is 0 Å². The fraction of sp³-hybridized carbons (Fsp3) is 1.00. The zero-order valence-electron chi connectivity index (χ0n) is 10.4. The summed E-state index contributed by atoms with van der Waals surface area (Å²) in [4.78, 5) is 10.2. The largest absolute Gasteiger partial charge is 0.434 e. The highest BCUT2D eigenvalue weighted by atomic mass is 28.3. The van der Waals surface area contributed by atoms with E-state index in [1.807, 2.05) is 0 Å². The summed E-state index contributed by atoms with van der Waals surface area (Å²) in [6.45, 7) is 8.94. The highest BCUT2D eigenvalue weighted by Gasteiger charge is 2.22. The van der Waals surface area contributed by atoms with Crippen LogP contribution in [-0.4, -0.2) is 13.8 Å². The molecule has 0 spiro atoms. The van der Waals surface area contributed by atoms with E-state index in [1.54, 1.807) is 0 Å². The van der Waals surface area contributed by atoms with Crippen LogP contribution >= 0.6 is 0 Å². The Hall–Kier alpha value is 0.177. The summed E-state index contributed by atoms with van der Waals surface area (Å²) in [5.74, 6) is 0. The Morgan fingerprint density at radius 2 is 1.29 bits per heavy atom. The van der Waals surface area contributed by atoms with Gasteiger partial charge in [-0.05, 0) is 11.1 Å². The second-order valence-electron chi connectivity index (χ2n) is 4.73. The van der Waals surface area contributed by atoms with Gasteiger partial charge in [0.2, 0.25) is 0 Å². The molecule has 0 aromatic carbocycles.